The molecule has 2 aromatic heterocycles. The number of amides is 3. The Bertz CT molecular complexity index is 2540. The standard InChI is InChI=1S/C47H59ClN10O7/c1-27(2)58-37-9-6-30(18-28(37)20-39(45(58)63)64-25-41(60)49-5)51-42-36(48)23-50-46(53-42)54-14-12-33(13-15-54)65-34-21-32(22-34)55-16-17-57(47(3,4)26-55)31-7-8-35-29(19-31)24-56(44(35)62)38-10-11-40(59)52-43(38)61/h6-9,18-20,23,27,32-34,38,41,49,60H,10-17,21-22,24-26H2,1-5H3,(H,50,51,53)(H,52,59,61)/t32?,34?,38-,41?/m0/s1. The number of aromatic nitrogens is 3. The second kappa shape index (κ2) is 18.2. The summed E-state index contributed by atoms with van der Waals surface area (Å²) in [5, 5.41) is 19.6. The average Bonchev–Trinajstić information content (AvgIpc) is 3.58. The van der Waals surface area contributed by atoms with Crippen molar-refractivity contribution in [1.29, 1.82) is 0 Å². The Hall–Kier alpha value is -5.33. The van der Waals surface area contributed by atoms with Crippen molar-refractivity contribution in [2.24, 2.45) is 0 Å². The van der Waals surface area contributed by atoms with Crippen LogP contribution in [0.3, 0.4) is 0 Å². The van der Waals surface area contributed by atoms with Crippen molar-refractivity contribution in [3.8, 4) is 5.75 Å². The van der Waals surface area contributed by atoms with Crippen molar-refractivity contribution in [1.82, 2.24) is 35.0 Å². The molecule has 5 aliphatic rings. The molecule has 0 radical (unpaired) electrons. The number of aliphatic hydroxyl groups is 1. The predicted octanol–water partition coefficient (Wildman–Crippen LogP) is 4.56. The van der Waals surface area contributed by atoms with Crippen molar-refractivity contribution in [3.63, 3.8) is 0 Å². The van der Waals surface area contributed by atoms with Gasteiger partial charge in [0, 0.05) is 85.6 Å². The lowest BCUT2D eigenvalue weighted by molar-refractivity contribution is -0.136. The van der Waals surface area contributed by atoms with Crippen LogP contribution in [0.15, 0.2) is 53.5 Å². The van der Waals surface area contributed by atoms with E-state index in [9.17, 15) is 24.3 Å². The van der Waals surface area contributed by atoms with Gasteiger partial charge in [-0.2, -0.15) is 4.98 Å². The molecule has 6 heterocycles. The lowest BCUT2D eigenvalue weighted by Crippen LogP contribution is -2.64. The van der Waals surface area contributed by atoms with Gasteiger partial charge in [0.25, 0.3) is 11.5 Å². The van der Waals surface area contributed by atoms with Crippen LogP contribution in [-0.4, -0.2) is 130 Å². The van der Waals surface area contributed by atoms with Crippen molar-refractivity contribution in [2.75, 3.05) is 61.5 Å². The van der Waals surface area contributed by atoms with Crippen LogP contribution < -0.4 is 36.0 Å². The maximum Gasteiger partial charge on any atom is 0.293 e. The molecule has 1 aliphatic carbocycles. The summed E-state index contributed by atoms with van der Waals surface area (Å²) in [4.78, 5) is 69.1. The van der Waals surface area contributed by atoms with E-state index in [1.54, 1.807) is 28.8 Å². The highest BCUT2D eigenvalue weighted by molar-refractivity contribution is 6.33. The first kappa shape index (κ1) is 44.9. The number of fused-ring (bicyclic) bond motifs is 2. The lowest BCUT2D eigenvalue weighted by atomic mass is 9.85. The minimum Gasteiger partial charge on any atom is -0.484 e. The van der Waals surface area contributed by atoms with Crippen molar-refractivity contribution < 1.29 is 29.0 Å². The molecule has 2 aromatic carbocycles. The number of likely N-dealkylation sites (N-methyl/N-ethyl adjacent to an activating group) is 1. The van der Waals surface area contributed by atoms with E-state index >= 15 is 0 Å². The van der Waals surface area contributed by atoms with E-state index in [1.165, 1.54) is 0 Å². The van der Waals surface area contributed by atoms with Gasteiger partial charge >= 0.3 is 0 Å². The number of ether oxygens (including phenoxy) is 2. The number of imide groups is 1. The summed E-state index contributed by atoms with van der Waals surface area (Å²) in [5.41, 5.74) is 3.73. The maximum atomic E-state index is 13.3. The third-order valence-electron chi connectivity index (χ3n) is 13.7. The molecule has 17 nitrogen and oxygen atoms in total. The summed E-state index contributed by atoms with van der Waals surface area (Å²) in [6, 6.07) is 13.2. The SMILES string of the molecule is CNC(O)COc1cc2cc(Nc3nc(N4CCC(OC5CC(N6CCN(c7ccc8c(c7)CN([C@H]7CCC(=O)NC7=O)C8=O)C(C)(C)C6)C5)CC4)ncc3Cl)ccc2n(C(C)C)c1=O. The second-order valence-corrected chi connectivity index (χ2v) is 19.3. The van der Waals surface area contributed by atoms with Crippen molar-refractivity contribution in [3.05, 3.63) is 75.2 Å². The third-order valence-corrected chi connectivity index (χ3v) is 14.0. The zero-order valence-electron chi connectivity index (χ0n) is 37.7. The molecule has 65 heavy (non-hydrogen) atoms. The summed E-state index contributed by atoms with van der Waals surface area (Å²) < 4.78 is 14.1. The fourth-order valence-electron chi connectivity index (χ4n) is 10.1. The molecule has 4 aromatic rings. The molecule has 2 atom stereocenters. The number of anilines is 4. The average molecular weight is 912 g/mol. The number of carbonyl (C=O) groups excluding carboxylic acids is 3. The number of piperidine rings is 2. The van der Waals surface area contributed by atoms with Gasteiger partial charge in [0.1, 0.15) is 23.9 Å². The van der Waals surface area contributed by atoms with E-state index in [4.69, 9.17) is 26.1 Å². The van der Waals surface area contributed by atoms with Gasteiger partial charge in [-0.05, 0) is 115 Å². The van der Waals surface area contributed by atoms with Crippen LogP contribution in [0.1, 0.15) is 88.2 Å². The van der Waals surface area contributed by atoms with Gasteiger partial charge in [-0.3, -0.25) is 34.7 Å². The minimum atomic E-state index is -0.909. The molecule has 1 unspecified atom stereocenters. The molecular weight excluding hydrogens is 852 g/mol. The largest absolute Gasteiger partial charge is 0.484 e. The first-order chi connectivity index (χ1) is 31.1. The van der Waals surface area contributed by atoms with Gasteiger partial charge in [-0.15, -0.1) is 0 Å². The highest BCUT2D eigenvalue weighted by atomic mass is 35.5. The molecule has 4 fully saturated rings. The van der Waals surface area contributed by atoms with Gasteiger partial charge in [0.05, 0.1) is 23.9 Å². The van der Waals surface area contributed by atoms with Crippen LogP contribution >= 0.6 is 11.6 Å². The Labute approximate surface area is 383 Å². The van der Waals surface area contributed by atoms with Crippen LogP contribution in [0.25, 0.3) is 10.9 Å². The Morgan fingerprint density at radius 2 is 1.77 bits per heavy atom. The molecule has 18 heteroatoms. The van der Waals surface area contributed by atoms with E-state index in [0.717, 1.165) is 86.2 Å². The van der Waals surface area contributed by atoms with Crippen molar-refractivity contribution in [2.45, 2.75) is 115 Å². The molecule has 4 aliphatic heterocycles. The molecular formula is C47H59ClN10O7. The molecule has 1 saturated carbocycles. The number of hydrogen-bond donors (Lipinski definition) is 4. The Morgan fingerprint density at radius 3 is 2.49 bits per heavy atom. The van der Waals surface area contributed by atoms with E-state index < -0.39 is 18.2 Å². The molecule has 0 spiro atoms. The normalized spacial score (nSPS) is 23.2. The number of rotatable bonds is 13. The first-order valence-corrected chi connectivity index (χ1v) is 23.2. The van der Waals surface area contributed by atoms with Crippen LogP contribution in [-0.2, 0) is 20.9 Å². The Kier molecular flexibility index (Phi) is 12.5. The van der Waals surface area contributed by atoms with Crippen LogP contribution in [0.2, 0.25) is 5.02 Å². The number of piperazine rings is 1. The highest BCUT2D eigenvalue weighted by Gasteiger charge is 2.43. The summed E-state index contributed by atoms with van der Waals surface area (Å²) in [5.74, 6) is 0.396. The summed E-state index contributed by atoms with van der Waals surface area (Å²) in [6.07, 6.45) is 5.48. The molecule has 3 saturated heterocycles. The van der Waals surface area contributed by atoms with E-state index in [0.29, 0.717) is 41.4 Å². The number of aliphatic hydroxyl groups excluding tert-OH is 1. The smallest absolute Gasteiger partial charge is 0.293 e. The number of pyridine rings is 1. The van der Waals surface area contributed by atoms with Gasteiger partial charge in [0.15, 0.2) is 11.6 Å². The number of halogens is 1. The fourth-order valence-corrected chi connectivity index (χ4v) is 10.3. The summed E-state index contributed by atoms with van der Waals surface area (Å²) in [7, 11) is 1.61. The quantitative estimate of drug-likeness (QED) is 0.108. The molecule has 0 bridgehead atoms. The Balaban J connectivity index is 0.758. The van der Waals surface area contributed by atoms with Crippen LogP contribution in [0.4, 0.5) is 23.1 Å². The third kappa shape index (κ3) is 9.13. The minimum absolute atomic E-state index is 0.0706. The zero-order chi connectivity index (χ0) is 45.7. The molecule has 9 rings (SSSR count). The van der Waals surface area contributed by atoms with Gasteiger partial charge in [-0.1, -0.05) is 11.6 Å². The highest BCUT2D eigenvalue weighted by Crippen LogP contribution is 2.38. The molecule has 3 amide bonds. The van der Waals surface area contributed by atoms with Crippen LogP contribution in [0, 0.1) is 0 Å². The lowest BCUT2D eigenvalue weighted by Gasteiger charge is -2.53. The first-order valence-electron chi connectivity index (χ1n) is 22.8. The van der Waals surface area contributed by atoms with Crippen LogP contribution in [0.5, 0.6) is 5.75 Å². The van der Waals surface area contributed by atoms with Crippen molar-refractivity contribution >= 4 is 63.4 Å². The Morgan fingerprint density at radius 1 is 0.985 bits per heavy atom. The van der Waals surface area contributed by atoms with E-state index in [1.807, 2.05) is 44.2 Å². The van der Waals surface area contributed by atoms with Gasteiger partial charge < -0.3 is 39.2 Å². The molecule has 4 N–H and O–H groups in total. The van der Waals surface area contributed by atoms with Gasteiger partial charge in [-0.25, -0.2) is 4.98 Å². The second-order valence-electron chi connectivity index (χ2n) is 18.9. The number of hydrogen-bond acceptors (Lipinski definition) is 14. The van der Waals surface area contributed by atoms with E-state index in [-0.39, 0.29) is 59.9 Å². The summed E-state index contributed by atoms with van der Waals surface area (Å²) >= 11 is 6.62. The topological polar surface area (TPSA) is 187 Å². The molecule has 346 valence electrons. The zero-order valence-corrected chi connectivity index (χ0v) is 38.4. The number of nitrogens with zero attached hydrogens (tertiary/aromatic N) is 7. The maximum absolute atomic E-state index is 13.3. The number of nitrogens with one attached hydrogen (secondary N) is 3. The predicted molar refractivity (Wildman–Crippen MR) is 248 cm³/mol. The number of benzene rings is 2. The number of carbonyl (C=O) groups is 3. The van der Waals surface area contributed by atoms with Gasteiger partial charge in [0.2, 0.25) is 17.8 Å². The van der Waals surface area contributed by atoms with E-state index in [2.05, 4.69) is 55.5 Å². The summed E-state index contributed by atoms with van der Waals surface area (Å²) in [6.45, 7) is 13.0. The fraction of sp³-hybridized carbons (Fsp3) is 0.532. The monoisotopic (exact) mass is 910 g/mol.